The number of amides is 1. The van der Waals surface area contributed by atoms with Crippen molar-refractivity contribution >= 4 is 18.0 Å². The van der Waals surface area contributed by atoms with Crippen LogP contribution in [0, 0.1) is 12.3 Å². The van der Waals surface area contributed by atoms with Crippen molar-refractivity contribution in [3.8, 4) is 0 Å². The van der Waals surface area contributed by atoms with E-state index in [2.05, 4.69) is 9.29 Å². The molecule has 2 aliphatic rings. The lowest BCUT2D eigenvalue weighted by molar-refractivity contribution is -0.0812. The van der Waals surface area contributed by atoms with Crippen LogP contribution in [0.5, 0.6) is 0 Å². The lowest BCUT2D eigenvalue weighted by atomic mass is 9.75. The van der Waals surface area contributed by atoms with Crippen molar-refractivity contribution in [1.29, 1.82) is 0 Å². The van der Waals surface area contributed by atoms with E-state index >= 15 is 0 Å². The first-order valence-electron chi connectivity index (χ1n) is 8.64. The molecular formula is C18H25F2N3O2S. The van der Waals surface area contributed by atoms with E-state index in [1.54, 1.807) is 17.9 Å². The van der Waals surface area contributed by atoms with Crippen LogP contribution in [0.1, 0.15) is 39.1 Å². The molecule has 0 unspecified atom stereocenters. The number of hydrogen-bond donors (Lipinski definition) is 0. The maximum atomic E-state index is 13.3. The van der Waals surface area contributed by atoms with Gasteiger partial charge in [-0.1, -0.05) is 0 Å². The molecule has 1 aromatic heterocycles. The number of pyridine rings is 1. The van der Waals surface area contributed by atoms with Crippen LogP contribution in [0.15, 0.2) is 17.0 Å². The van der Waals surface area contributed by atoms with E-state index in [1.807, 2.05) is 20.8 Å². The molecule has 8 heteroatoms. The maximum Gasteiger partial charge on any atom is 0.410 e. The molecule has 2 saturated heterocycles. The fraction of sp³-hybridized carbons (Fsp3) is 0.667. The Labute approximate surface area is 157 Å². The smallest absolute Gasteiger partial charge is 0.410 e. The summed E-state index contributed by atoms with van der Waals surface area (Å²) in [6, 6.07) is 3.09. The summed E-state index contributed by atoms with van der Waals surface area (Å²) >= 11 is 1.54. The van der Waals surface area contributed by atoms with Crippen molar-refractivity contribution in [2.24, 2.45) is 5.41 Å². The maximum absolute atomic E-state index is 13.3. The van der Waals surface area contributed by atoms with Crippen LogP contribution >= 0.6 is 11.9 Å². The number of carbonyl (C=O) groups is 1. The first kappa shape index (κ1) is 19.4. The number of carbonyl (C=O) groups excluding carboxylic acids is 1. The van der Waals surface area contributed by atoms with Gasteiger partial charge >= 0.3 is 6.09 Å². The molecule has 2 aliphatic heterocycles. The Morgan fingerprint density at radius 3 is 2.31 bits per heavy atom. The second-order valence-corrected chi connectivity index (χ2v) is 9.53. The number of alkyl halides is 2. The van der Waals surface area contributed by atoms with Crippen molar-refractivity contribution in [2.75, 3.05) is 26.2 Å². The Hall–Kier alpha value is -1.41. The SMILES string of the molecule is Cc1nc(C(C)(F)F)ccc1SN1CC2(C1)CN(C(=O)OC(C)(C)C)C2. The molecule has 0 atom stereocenters. The summed E-state index contributed by atoms with van der Waals surface area (Å²) in [4.78, 5) is 18.7. The number of hydrogen-bond acceptors (Lipinski definition) is 5. The third kappa shape index (κ3) is 4.11. The van der Waals surface area contributed by atoms with Gasteiger partial charge in [0.1, 0.15) is 11.3 Å². The van der Waals surface area contributed by atoms with Crippen LogP contribution in [0.3, 0.4) is 0 Å². The summed E-state index contributed by atoms with van der Waals surface area (Å²) in [6.07, 6.45) is -0.259. The van der Waals surface area contributed by atoms with Crippen LogP contribution in [0.4, 0.5) is 13.6 Å². The van der Waals surface area contributed by atoms with Gasteiger partial charge in [-0.25, -0.2) is 9.10 Å². The number of aromatic nitrogens is 1. The van der Waals surface area contributed by atoms with Gasteiger partial charge in [-0.05, 0) is 51.8 Å². The van der Waals surface area contributed by atoms with Gasteiger partial charge in [0.05, 0.1) is 5.69 Å². The molecule has 1 spiro atoms. The molecule has 144 valence electrons. The van der Waals surface area contributed by atoms with E-state index in [1.165, 1.54) is 18.0 Å². The van der Waals surface area contributed by atoms with Crippen molar-refractivity contribution in [3.63, 3.8) is 0 Å². The summed E-state index contributed by atoms with van der Waals surface area (Å²) in [5.41, 5.74) is 0.0694. The van der Waals surface area contributed by atoms with E-state index in [0.717, 1.165) is 24.9 Å². The van der Waals surface area contributed by atoms with Crippen molar-refractivity contribution < 1.29 is 18.3 Å². The summed E-state index contributed by atoms with van der Waals surface area (Å²) in [5, 5.41) is 0. The Bertz CT molecular complexity index is 701. The van der Waals surface area contributed by atoms with Crippen molar-refractivity contribution in [3.05, 3.63) is 23.5 Å². The fourth-order valence-electron chi connectivity index (χ4n) is 3.21. The van der Waals surface area contributed by atoms with Crippen LogP contribution in [0.2, 0.25) is 0 Å². The summed E-state index contributed by atoms with van der Waals surface area (Å²) < 4.78 is 34.2. The fourth-order valence-corrected chi connectivity index (χ4v) is 4.48. The van der Waals surface area contributed by atoms with Crippen molar-refractivity contribution in [1.82, 2.24) is 14.2 Å². The van der Waals surface area contributed by atoms with E-state index in [4.69, 9.17) is 4.74 Å². The highest BCUT2D eigenvalue weighted by molar-refractivity contribution is 7.97. The van der Waals surface area contributed by atoms with E-state index < -0.39 is 11.5 Å². The topological polar surface area (TPSA) is 45.7 Å². The second-order valence-electron chi connectivity index (χ2n) is 8.39. The molecule has 0 saturated carbocycles. The molecule has 3 rings (SSSR count). The number of ether oxygens (including phenoxy) is 1. The van der Waals surface area contributed by atoms with Gasteiger partial charge in [0.25, 0.3) is 5.92 Å². The molecular weight excluding hydrogens is 360 g/mol. The first-order valence-corrected chi connectivity index (χ1v) is 9.41. The van der Waals surface area contributed by atoms with Gasteiger partial charge in [0.15, 0.2) is 0 Å². The average Bonchev–Trinajstić information content (AvgIpc) is 2.38. The van der Waals surface area contributed by atoms with Crippen LogP contribution in [-0.2, 0) is 10.7 Å². The monoisotopic (exact) mass is 385 g/mol. The molecule has 1 amide bonds. The minimum absolute atomic E-state index is 0.141. The number of aryl methyl sites for hydroxylation is 1. The van der Waals surface area contributed by atoms with Gasteiger partial charge < -0.3 is 9.64 Å². The van der Waals surface area contributed by atoms with Crippen molar-refractivity contribution in [2.45, 2.75) is 51.0 Å². The van der Waals surface area contributed by atoms with Crippen LogP contribution in [0.25, 0.3) is 0 Å². The Balaban J connectivity index is 1.49. The predicted molar refractivity (Wildman–Crippen MR) is 96.2 cm³/mol. The lowest BCUT2D eigenvalue weighted by Crippen LogP contribution is -2.71. The third-order valence-electron chi connectivity index (χ3n) is 4.44. The standard InChI is InChI=1S/C18H25F2N3O2S/c1-12-13(6-7-14(21-12)17(5,19)20)26-23-10-18(11-23)8-22(9-18)15(24)25-16(2,3)4/h6-7H,8-11H2,1-5H3. The molecule has 26 heavy (non-hydrogen) atoms. The molecule has 3 heterocycles. The highest BCUT2D eigenvalue weighted by Crippen LogP contribution is 2.45. The quantitative estimate of drug-likeness (QED) is 0.734. The highest BCUT2D eigenvalue weighted by atomic mass is 32.2. The highest BCUT2D eigenvalue weighted by Gasteiger charge is 2.54. The lowest BCUT2D eigenvalue weighted by Gasteiger charge is -2.59. The molecule has 0 bridgehead atoms. The van der Waals surface area contributed by atoms with Gasteiger partial charge in [0.2, 0.25) is 0 Å². The number of nitrogens with zero attached hydrogens (tertiary/aromatic N) is 3. The number of halogens is 2. The van der Waals surface area contributed by atoms with E-state index in [0.29, 0.717) is 18.8 Å². The third-order valence-corrected chi connectivity index (χ3v) is 5.59. The summed E-state index contributed by atoms with van der Waals surface area (Å²) in [5.74, 6) is -2.92. The largest absolute Gasteiger partial charge is 0.444 e. The van der Waals surface area contributed by atoms with Gasteiger partial charge in [0, 0.05) is 43.4 Å². The number of likely N-dealkylation sites (tertiary alicyclic amines) is 1. The zero-order chi connectivity index (χ0) is 19.3. The van der Waals surface area contributed by atoms with Crippen LogP contribution < -0.4 is 0 Å². The Kier molecular flexibility index (Phi) is 4.72. The Morgan fingerprint density at radius 2 is 1.81 bits per heavy atom. The molecule has 0 N–H and O–H groups in total. The van der Waals surface area contributed by atoms with Gasteiger partial charge in [-0.15, -0.1) is 0 Å². The summed E-state index contributed by atoms with van der Waals surface area (Å²) in [7, 11) is 0. The summed E-state index contributed by atoms with van der Waals surface area (Å²) in [6.45, 7) is 11.3. The van der Waals surface area contributed by atoms with Gasteiger partial charge in [-0.2, -0.15) is 8.78 Å². The van der Waals surface area contributed by atoms with Gasteiger partial charge in [-0.3, -0.25) is 4.98 Å². The normalized spacial score (nSPS) is 19.9. The number of rotatable bonds is 3. The van der Waals surface area contributed by atoms with E-state index in [-0.39, 0.29) is 17.2 Å². The zero-order valence-corrected chi connectivity index (χ0v) is 16.6. The minimum atomic E-state index is -2.92. The molecule has 5 nitrogen and oxygen atoms in total. The molecule has 0 radical (unpaired) electrons. The second kappa shape index (κ2) is 6.34. The first-order chi connectivity index (χ1) is 11.9. The molecule has 0 aliphatic carbocycles. The van der Waals surface area contributed by atoms with E-state index in [9.17, 15) is 13.6 Å². The average molecular weight is 385 g/mol. The molecule has 0 aromatic carbocycles. The van der Waals surface area contributed by atoms with Crippen LogP contribution in [-0.4, -0.2) is 52.1 Å². The molecule has 1 aromatic rings. The predicted octanol–water partition coefficient (Wildman–Crippen LogP) is 4.06. The zero-order valence-electron chi connectivity index (χ0n) is 15.8. The molecule has 2 fully saturated rings. The Morgan fingerprint density at radius 1 is 1.19 bits per heavy atom. The minimum Gasteiger partial charge on any atom is -0.444 e.